The molecule has 2 amide bonds. The van der Waals surface area contributed by atoms with E-state index in [-0.39, 0.29) is 23.7 Å². The highest BCUT2D eigenvalue weighted by Gasteiger charge is 2.45. The maximum absolute atomic E-state index is 12.9. The fraction of sp³-hybridized carbons (Fsp3) is 0.207. The number of esters is 1. The van der Waals surface area contributed by atoms with Crippen LogP contribution in [-0.2, 0) is 19.1 Å². The summed E-state index contributed by atoms with van der Waals surface area (Å²) < 4.78 is 6.35. The number of nitrogen functional groups attached to an aromatic ring is 2. The first-order chi connectivity index (χ1) is 19.9. The van der Waals surface area contributed by atoms with Gasteiger partial charge in [-0.05, 0) is 42.0 Å². The van der Waals surface area contributed by atoms with Crippen molar-refractivity contribution in [3.05, 3.63) is 86.0 Å². The quantitative estimate of drug-likeness (QED) is 0.313. The molecule has 5 rings (SSSR count). The summed E-state index contributed by atoms with van der Waals surface area (Å²) in [6, 6.07) is 16.7. The lowest BCUT2D eigenvalue weighted by atomic mass is 9.80. The third-order valence-electron chi connectivity index (χ3n) is 6.03. The number of nitrogens with zero attached hydrogens (tertiary/aromatic N) is 5. The molecule has 1 aromatic heterocycles. The van der Waals surface area contributed by atoms with Gasteiger partial charge in [-0.15, -0.1) is 0 Å². The Balaban J connectivity index is 0.000000420. The number of hydrogen-bond acceptors (Lipinski definition) is 9. The van der Waals surface area contributed by atoms with Gasteiger partial charge in [0.1, 0.15) is 29.9 Å². The molecule has 3 heterocycles. The highest BCUT2D eigenvalue weighted by molar-refractivity contribution is 9.10. The molecule has 0 unspecified atom stereocenters. The van der Waals surface area contributed by atoms with E-state index in [1.165, 1.54) is 9.80 Å². The predicted molar refractivity (Wildman–Crippen MR) is 165 cm³/mol. The molecule has 4 N–H and O–H groups in total. The Morgan fingerprint density at radius 3 is 2.10 bits per heavy atom. The average Bonchev–Trinajstić information content (AvgIpc) is 3.34. The molecule has 0 radical (unpaired) electrons. The Morgan fingerprint density at radius 1 is 1.05 bits per heavy atom. The van der Waals surface area contributed by atoms with E-state index in [1.807, 2.05) is 42.5 Å². The molecule has 3 aromatic rings. The molecule has 218 valence electrons. The predicted octanol–water partition coefficient (Wildman–Crippen LogP) is 4.04. The van der Waals surface area contributed by atoms with Crippen LogP contribution in [0.15, 0.2) is 64.3 Å². The van der Waals surface area contributed by atoms with Gasteiger partial charge in [0.25, 0.3) is 0 Å². The number of anilines is 4. The van der Waals surface area contributed by atoms with Gasteiger partial charge in [-0.1, -0.05) is 39.7 Å². The molecule has 0 saturated heterocycles. The van der Waals surface area contributed by atoms with Crippen molar-refractivity contribution in [2.24, 2.45) is 0 Å². The minimum absolute atomic E-state index is 0.0200. The highest BCUT2D eigenvalue weighted by Crippen LogP contribution is 2.52. The highest BCUT2D eigenvalue weighted by atomic mass is 79.9. The number of fused-ring (bicyclic) bond motifs is 1. The van der Waals surface area contributed by atoms with Gasteiger partial charge in [0, 0.05) is 54.9 Å². The van der Waals surface area contributed by atoms with Crippen LogP contribution in [0.1, 0.15) is 22.6 Å². The molecule has 2 aliphatic heterocycles. The normalized spacial score (nSPS) is 14.5. The number of hydrogen-bond donors (Lipinski definition) is 2. The third-order valence-corrected chi connectivity index (χ3v) is 6.82. The van der Waals surface area contributed by atoms with Crippen molar-refractivity contribution in [2.75, 3.05) is 51.2 Å². The second-order valence-electron chi connectivity index (χ2n) is 9.51. The van der Waals surface area contributed by atoms with Crippen molar-refractivity contribution in [1.82, 2.24) is 14.8 Å². The Hall–Kier alpha value is -4.60. The summed E-state index contributed by atoms with van der Waals surface area (Å²) in [6.45, 7) is 0.0742. The molecule has 0 saturated carbocycles. The zero-order valence-electron chi connectivity index (χ0n) is 23.3. The maximum atomic E-state index is 12.9. The van der Waals surface area contributed by atoms with Gasteiger partial charge in [0.2, 0.25) is 12.8 Å². The first-order valence-corrected chi connectivity index (χ1v) is 13.6. The summed E-state index contributed by atoms with van der Waals surface area (Å²) in [5, 5.41) is 10.2. The van der Waals surface area contributed by atoms with Crippen molar-refractivity contribution < 1.29 is 19.1 Å². The van der Waals surface area contributed by atoms with E-state index in [4.69, 9.17) is 27.8 Å². The molecule has 0 fully saturated rings. The molecule has 1 atom stereocenters. The van der Waals surface area contributed by atoms with Crippen LogP contribution in [-0.4, -0.2) is 68.4 Å². The van der Waals surface area contributed by atoms with E-state index in [0.717, 1.165) is 22.9 Å². The molecule has 2 aliphatic rings. The number of halogens is 2. The van der Waals surface area contributed by atoms with E-state index in [9.17, 15) is 19.6 Å². The first kappa shape index (κ1) is 31.9. The fourth-order valence-electron chi connectivity index (χ4n) is 4.20. The zero-order chi connectivity index (χ0) is 31.1. The number of nitrogens with two attached hydrogens (primary N) is 2. The standard InChI is InChI=1S/C23H15BrClN5O2.2C3H7NO/c24-12-3-1-11(2-4-12)17-18-16(10-32-23(18)31)30(14-7-5-13(25)6-8-14)22-19(17)20(27)15(9-26)21(28)29-22;2*1-4(2)3-5/h1-8,17H,10H2,(H4,27,28,29);2*3H,1-2H3/t17-;;/m1../s1. The SMILES string of the molecule is CN(C)C=O.CN(C)C=O.N#Cc1c(N)nc2c(c1N)[C@H](c1ccc(Br)cc1)C1=C(COC1=O)N2c1ccc(Cl)cc1. The topological polar surface area (TPSA) is 159 Å². The molecule has 2 aromatic carbocycles. The van der Waals surface area contributed by atoms with Crippen molar-refractivity contribution in [3.63, 3.8) is 0 Å². The van der Waals surface area contributed by atoms with Crippen LogP contribution in [0.25, 0.3) is 0 Å². The second kappa shape index (κ2) is 13.8. The van der Waals surface area contributed by atoms with Crippen LogP contribution in [0.3, 0.4) is 0 Å². The number of amides is 2. The van der Waals surface area contributed by atoms with Crippen LogP contribution in [0.2, 0.25) is 5.02 Å². The lowest BCUT2D eigenvalue weighted by Gasteiger charge is -2.35. The van der Waals surface area contributed by atoms with Gasteiger partial charge >= 0.3 is 5.97 Å². The molecule has 0 bridgehead atoms. The van der Waals surface area contributed by atoms with Crippen LogP contribution >= 0.6 is 27.5 Å². The number of ether oxygens (including phenoxy) is 1. The third kappa shape index (κ3) is 6.82. The average molecular weight is 655 g/mol. The van der Waals surface area contributed by atoms with Gasteiger partial charge in [0.15, 0.2) is 0 Å². The summed E-state index contributed by atoms with van der Waals surface area (Å²) in [4.78, 5) is 41.1. The molecule has 13 heteroatoms. The lowest BCUT2D eigenvalue weighted by Crippen LogP contribution is -2.30. The number of pyridine rings is 1. The fourth-order valence-corrected chi connectivity index (χ4v) is 4.59. The summed E-state index contributed by atoms with van der Waals surface area (Å²) in [5.74, 6) is -0.531. The van der Waals surface area contributed by atoms with Crippen molar-refractivity contribution in [3.8, 4) is 6.07 Å². The first-order valence-electron chi connectivity index (χ1n) is 12.4. The minimum atomic E-state index is -0.563. The number of carbonyl (C=O) groups excluding carboxylic acids is 3. The van der Waals surface area contributed by atoms with Gasteiger partial charge in [-0.25, -0.2) is 9.78 Å². The van der Waals surface area contributed by atoms with E-state index in [1.54, 1.807) is 45.2 Å². The molecule has 11 nitrogen and oxygen atoms in total. The number of rotatable bonds is 4. The molecule has 42 heavy (non-hydrogen) atoms. The molecule has 0 spiro atoms. The van der Waals surface area contributed by atoms with E-state index in [2.05, 4.69) is 20.9 Å². The summed E-state index contributed by atoms with van der Waals surface area (Å²) >= 11 is 9.53. The van der Waals surface area contributed by atoms with E-state index >= 15 is 0 Å². The van der Waals surface area contributed by atoms with Crippen LogP contribution < -0.4 is 16.4 Å². The van der Waals surface area contributed by atoms with Gasteiger partial charge in [0.05, 0.1) is 17.0 Å². The van der Waals surface area contributed by atoms with Crippen LogP contribution in [0, 0.1) is 11.3 Å². The maximum Gasteiger partial charge on any atom is 0.337 e. The zero-order valence-corrected chi connectivity index (χ0v) is 25.7. The van der Waals surface area contributed by atoms with Crippen LogP contribution in [0.5, 0.6) is 0 Å². The Labute approximate surface area is 257 Å². The minimum Gasteiger partial charge on any atom is -0.456 e. The molecular formula is C29H29BrClN7O4. The summed E-state index contributed by atoms with van der Waals surface area (Å²) in [7, 11) is 6.75. The lowest BCUT2D eigenvalue weighted by molar-refractivity contribution is -0.136. The van der Waals surface area contributed by atoms with Gasteiger partial charge < -0.3 is 26.0 Å². The number of cyclic esters (lactones) is 1. The van der Waals surface area contributed by atoms with E-state index in [0.29, 0.717) is 33.4 Å². The Morgan fingerprint density at radius 2 is 1.60 bits per heavy atom. The Bertz CT molecular complexity index is 1540. The number of aromatic nitrogens is 1. The van der Waals surface area contributed by atoms with E-state index < -0.39 is 11.9 Å². The summed E-state index contributed by atoms with van der Waals surface area (Å²) in [6.07, 6.45) is 1.50. The van der Waals surface area contributed by atoms with Gasteiger partial charge in [-0.2, -0.15) is 5.26 Å². The second-order valence-corrected chi connectivity index (χ2v) is 10.9. The number of nitriles is 1. The largest absolute Gasteiger partial charge is 0.456 e. The molecular weight excluding hydrogens is 626 g/mol. The number of benzene rings is 2. The summed E-state index contributed by atoms with van der Waals surface area (Å²) in [5.41, 5.74) is 16.0. The Kier molecular flexibility index (Phi) is 10.5. The van der Waals surface area contributed by atoms with Crippen molar-refractivity contribution >= 4 is 69.3 Å². The monoisotopic (exact) mass is 653 g/mol. The van der Waals surface area contributed by atoms with Crippen molar-refractivity contribution in [2.45, 2.75) is 5.92 Å². The van der Waals surface area contributed by atoms with Gasteiger partial charge in [-0.3, -0.25) is 14.5 Å². The smallest absolute Gasteiger partial charge is 0.337 e. The number of carbonyl (C=O) groups is 3. The van der Waals surface area contributed by atoms with Crippen LogP contribution in [0.4, 0.5) is 23.0 Å². The van der Waals surface area contributed by atoms with Crippen molar-refractivity contribution in [1.29, 1.82) is 5.26 Å². The molecule has 0 aliphatic carbocycles.